The molecule has 3 nitrogen and oxygen atoms in total. The molecule has 0 radical (unpaired) electrons. The first kappa shape index (κ1) is 16.7. The molecule has 7 heteroatoms. The van der Waals surface area contributed by atoms with E-state index in [0.717, 1.165) is 30.6 Å². The molecule has 2 heterocycles. The Morgan fingerprint density at radius 3 is 2.80 bits per heavy atom. The van der Waals surface area contributed by atoms with Gasteiger partial charge in [-0.15, -0.1) is 22.9 Å². The van der Waals surface area contributed by atoms with Gasteiger partial charge in [-0.05, 0) is 47.2 Å². The van der Waals surface area contributed by atoms with E-state index in [4.69, 9.17) is 11.6 Å². The largest absolute Gasteiger partial charge is 0.245 e. The second-order valence-electron chi connectivity index (χ2n) is 5.09. The highest BCUT2D eigenvalue weighted by Crippen LogP contribution is 2.35. The lowest BCUT2D eigenvalue weighted by atomic mass is 9.98. The Balaban J connectivity index is 2.23. The van der Waals surface area contributed by atoms with Gasteiger partial charge in [0.15, 0.2) is 0 Å². The molecule has 0 N–H and O–H groups in total. The van der Waals surface area contributed by atoms with Crippen molar-refractivity contribution in [2.75, 3.05) is 13.1 Å². The molecule has 20 heavy (non-hydrogen) atoms. The first-order valence-corrected chi connectivity index (χ1v) is 10.4. The third-order valence-corrected chi connectivity index (χ3v) is 8.44. The Bertz CT molecular complexity index is 559. The molecule has 1 aromatic heterocycles. The van der Waals surface area contributed by atoms with Crippen molar-refractivity contribution in [3.8, 4) is 0 Å². The number of nitrogens with zero attached hydrogens (tertiary/aromatic N) is 1. The van der Waals surface area contributed by atoms with Crippen molar-refractivity contribution in [1.82, 2.24) is 4.31 Å². The maximum absolute atomic E-state index is 12.7. The van der Waals surface area contributed by atoms with Crippen LogP contribution in [0.25, 0.3) is 0 Å². The molecule has 0 aliphatic carbocycles. The highest BCUT2D eigenvalue weighted by molar-refractivity contribution is 9.11. The maximum Gasteiger partial charge on any atom is 0.245 e. The first-order chi connectivity index (χ1) is 9.48. The summed E-state index contributed by atoms with van der Waals surface area (Å²) in [7, 11) is -3.40. The molecular formula is C13H19BrClNO2S2. The number of hydrogen-bond donors (Lipinski definition) is 0. The molecule has 1 aliphatic heterocycles. The van der Waals surface area contributed by atoms with Crippen LogP contribution in [-0.2, 0) is 15.9 Å². The number of hydrogen-bond acceptors (Lipinski definition) is 3. The van der Waals surface area contributed by atoms with Gasteiger partial charge in [0.1, 0.15) is 4.90 Å². The zero-order valence-corrected chi connectivity index (χ0v) is 15.4. The molecule has 1 fully saturated rings. The quantitative estimate of drug-likeness (QED) is 0.700. The van der Waals surface area contributed by atoms with Crippen LogP contribution in [0.2, 0.25) is 0 Å². The lowest BCUT2D eigenvalue weighted by Crippen LogP contribution is -2.32. The van der Waals surface area contributed by atoms with Crippen LogP contribution in [0.15, 0.2) is 14.7 Å². The fraction of sp³-hybridized carbons (Fsp3) is 0.692. The molecule has 1 atom stereocenters. The topological polar surface area (TPSA) is 37.4 Å². The lowest BCUT2D eigenvalue weighted by Gasteiger charge is -2.19. The predicted molar refractivity (Wildman–Crippen MR) is 88.0 cm³/mol. The first-order valence-electron chi connectivity index (χ1n) is 6.83. The van der Waals surface area contributed by atoms with Gasteiger partial charge in [-0.1, -0.05) is 13.3 Å². The molecular weight excluding hydrogens is 382 g/mol. The fourth-order valence-corrected chi connectivity index (χ4v) is 6.78. The second-order valence-corrected chi connectivity index (χ2v) is 9.72. The van der Waals surface area contributed by atoms with E-state index < -0.39 is 10.0 Å². The normalized spacial score (nSPS) is 21.9. The van der Waals surface area contributed by atoms with Crippen molar-refractivity contribution >= 4 is 48.9 Å². The molecule has 114 valence electrons. The van der Waals surface area contributed by atoms with Crippen LogP contribution < -0.4 is 0 Å². The molecule has 0 bridgehead atoms. The Hall–Kier alpha value is 0.380. The SMILES string of the molecule is CCC1CCCN(S(=O)(=O)c2cc(CCl)sc2Br)CC1. The van der Waals surface area contributed by atoms with Crippen LogP contribution in [0.3, 0.4) is 0 Å². The third-order valence-electron chi connectivity index (χ3n) is 3.84. The minimum atomic E-state index is -3.40. The van der Waals surface area contributed by atoms with Gasteiger partial charge in [0.25, 0.3) is 0 Å². The van der Waals surface area contributed by atoms with Crippen LogP contribution in [0.1, 0.15) is 37.5 Å². The maximum atomic E-state index is 12.7. The monoisotopic (exact) mass is 399 g/mol. The highest BCUT2D eigenvalue weighted by Gasteiger charge is 2.30. The average Bonchev–Trinajstić information content (AvgIpc) is 2.66. The number of halogens is 2. The van der Waals surface area contributed by atoms with Gasteiger partial charge in [0.2, 0.25) is 10.0 Å². The van der Waals surface area contributed by atoms with Gasteiger partial charge in [-0.25, -0.2) is 8.42 Å². The average molecular weight is 401 g/mol. The summed E-state index contributed by atoms with van der Waals surface area (Å²) in [6, 6.07) is 1.69. The summed E-state index contributed by atoms with van der Waals surface area (Å²) >= 11 is 10.5. The molecule has 1 saturated heterocycles. The van der Waals surface area contributed by atoms with Gasteiger partial charge in [0, 0.05) is 18.0 Å². The summed E-state index contributed by atoms with van der Waals surface area (Å²) in [5, 5.41) is 0. The van der Waals surface area contributed by atoms with E-state index in [1.54, 1.807) is 10.4 Å². The van der Waals surface area contributed by atoms with Crippen molar-refractivity contribution in [1.29, 1.82) is 0 Å². The van der Waals surface area contributed by atoms with Crippen LogP contribution in [0, 0.1) is 5.92 Å². The van der Waals surface area contributed by atoms with Gasteiger partial charge in [-0.2, -0.15) is 4.31 Å². The number of thiophene rings is 1. The van der Waals surface area contributed by atoms with Crippen LogP contribution in [-0.4, -0.2) is 25.8 Å². The van der Waals surface area contributed by atoms with Crippen LogP contribution in [0.4, 0.5) is 0 Å². The van der Waals surface area contributed by atoms with Crippen LogP contribution in [0.5, 0.6) is 0 Å². The van der Waals surface area contributed by atoms with Crippen molar-refractivity contribution in [2.24, 2.45) is 5.92 Å². The van der Waals surface area contributed by atoms with E-state index in [0.29, 0.717) is 33.6 Å². The van der Waals surface area contributed by atoms with E-state index in [1.165, 1.54) is 11.3 Å². The summed E-state index contributed by atoms with van der Waals surface area (Å²) in [6.07, 6.45) is 4.16. The molecule has 1 aromatic rings. The molecule has 0 amide bonds. The second kappa shape index (κ2) is 7.09. The zero-order valence-electron chi connectivity index (χ0n) is 11.4. The summed E-state index contributed by atoms with van der Waals surface area (Å²) < 4.78 is 27.8. The Labute approximate surface area is 138 Å². The summed E-state index contributed by atoms with van der Waals surface area (Å²) in [6.45, 7) is 3.42. The summed E-state index contributed by atoms with van der Waals surface area (Å²) in [4.78, 5) is 1.24. The van der Waals surface area contributed by atoms with Crippen LogP contribution >= 0.6 is 38.9 Å². The number of rotatable bonds is 4. The standard InChI is InChI=1S/C13H19BrClNO2S2/c1-2-10-4-3-6-16(7-5-10)20(17,18)12-8-11(9-15)19-13(12)14/h8,10H,2-7,9H2,1H3. The van der Waals surface area contributed by atoms with Crippen molar-refractivity contribution in [2.45, 2.75) is 43.4 Å². The minimum Gasteiger partial charge on any atom is -0.207 e. The Kier molecular flexibility index (Phi) is 5.94. The van der Waals surface area contributed by atoms with Gasteiger partial charge in [0.05, 0.1) is 9.67 Å². The number of alkyl halides is 1. The Morgan fingerprint density at radius 2 is 2.20 bits per heavy atom. The van der Waals surface area contributed by atoms with Gasteiger partial charge in [-0.3, -0.25) is 0 Å². The summed E-state index contributed by atoms with van der Waals surface area (Å²) in [5.41, 5.74) is 0. The molecule has 1 aliphatic rings. The van der Waals surface area contributed by atoms with E-state index >= 15 is 0 Å². The minimum absolute atomic E-state index is 0.344. The molecule has 0 aromatic carbocycles. The predicted octanol–water partition coefficient (Wildman–Crippen LogP) is 4.45. The van der Waals surface area contributed by atoms with E-state index in [-0.39, 0.29) is 0 Å². The molecule has 1 unspecified atom stereocenters. The molecule has 0 spiro atoms. The lowest BCUT2D eigenvalue weighted by molar-refractivity contribution is 0.407. The smallest absolute Gasteiger partial charge is 0.207 e. The van der Waals surface area contributed by atoms with Crippen molar-refractivity contribution in [3.63, 3.8) is 0 Å². The third kappa shape index (κ3) is 3.58. The van der Waals surface area contributed by atoms with E-state index in [1.807, 2.05) is 0 Å². The zero-order chi connectivity index (χ0) is 14.8. The van der Waals surface area contributed by atoms with Gasteiger partial charge >= 0.3 is 0 Å². The molecule has 0 saturated carbocycles. The van der Waals surface area contributed by atoms with Crippen molar-refractivity contribution in [3.05, 3.63) is 14.7 Å². The molecule has 2 rings (SSSR count). The summed E-state index contributed by atoms with van der Waals surface area (Å²) in [5.74, 6) is 0.996. The van der Waals surface area contributed by atoms with E-state index in [2.05, 4.69) is 22.9 Å². The van der Waals surface area contributed by atoms with E-state index in [9.17, 15) is 8.42 Å². The Morgan fingerprint density at radius 1 is 1.45 bits per heavy atom. The number of sulfonamides is 1. The fourth-order valence-electron chi connectivity index (χ4n) is 2.57. The van der Waals surface area contributed by atoms with Gasteiger partial charge < -0.3 is 0 Å². The highest BCUT2D eigenvalue weighted by atomic mass is 79.9. The van der Waals surface area contributed by atoms with Crippen molar-refractivity contribution < 1.29 is 8.42 Å².